The predicted octanol–water partition coefficient (Wildman–Crippen LogP) is 3.20. The number of hydrogen-bond acceptors (Lipinski definition) is 6. The Morgan fingerprint density at radius 1 is 1.12 bits per heavy atom. The molecule has 7 heteroatoms. The van der Waals surface area contributed by atoms with Gasteiger partial charge < -0.3 is 9.47 Å². The number of esters is 1. The van der Waals surface area contributed by atoms with Crippen molar-refractivity contribution in [2.75, 3.05) is 7.11 Å². The van der Waals surface area contributed by atoms with Crippen LogP contribution in [0.15, 0.2) is 75.7 Å². The van der Waals surface area contributed by atoms with E-state index in [2.05, 4.69) is 4.99 Å². The molecule has 2 aromatic carbocycles. The van der Waals surface area contributed by atoms with E-state index in [-0.39, 0.29) is 11.7 Å². The molecule has 4 rings (SSSR count). The van der Waals surface area contributed by atoms with Gasteiger partial charge in [-0.3, -0.25) is 9.36 Å². The molecule has 2 heterocycles. The van der Waals surface area contributed by atoms with Crippen LogP contribution in [-0.2, 0) is 9.53 Å². The van der Waals surface area contributed by atoms with E-state index in [4.69, 9.17) is 9.47 Å². The van der Waals surface area contributed by atoms with Crippen LogP contribution >= 0.6 is 11.3 Å². The lowest BCUT2D eigenvalue weighted by Gasteiger charge is -2.24. The minimum Gasteiger partial charge on any atom is -0.491 e. The molecule has 1 aromatic heterocycles. The number of fused-ring (bicyclic) bond motifs is 1. The van der Waals surface area contributed by atoms with Crippen molar-refractivity contribution < 1.29 is 14.3 Å². The number of aromatic nitrogens is 1. The topological polar surface area (TPSA) is 69.9 Å². The van der Waals surface area contributed by atoms with E-state index in [0.717, 1.165) is 16.9 Å². The summed E-state index contributed by atoms with van der Waals surface area (Å²) in [5.74, 6) is 0.288. The Hall–Kier alpha value is -3.45. The first-order chi connectivity index (χ1) is 15.4. The van der Waals surface area contributed by atoms with Crippen LogP contribution in [0.4, 0.5) is 0 Å². The molecule has 3 aromatic rings. The van der Waals surface area contributed by atoms with Gasteiger partial charge in [-0.2, -0.15) is 0 Å². The van der Waals surface area contributed by atoms with Gasteiger partial charge in [-0.15, -0.1) is 0 Å². The number of carbonyl (C=O) groups excluding carboxylic acids is 1. The summed E-state index contributed by atoms with van der Waals surface area (Å²) in [6.45, 7) is 5.72. The van der Waals surface area contributed by atoms with Crippen LogP contribution < -0.4 is 19.6 Å². The summed E-state index contributed by atoms with van der Waals surface area (Å²) in [5.41, 5.74) is 2.43. The molecule has 0 fully saturated rings. The standard InChI is InChI=1S/C25H24N2O4S/c1-15(2)31-19-12-10-17(11-13-19)14-20-23(28)27-22(18-8-6-5-7-9-18)21(24(29)30-4)16(3)26-25(27)32-20/h5-15,22H,1-4H3/b20-14-/t22-/m0/s1. The van der Waals surface area contributed by atoms with E-state index in [1.165, 1.54) is 18.4 Å². The van der Waals surface area contributed by atoms with Crippen molar-refractivity contribution in [2.45, 2.75) is 32.9 Å². The van der Waals surface area contributed by atoms with Crippen LogP contribution in [0.3, 0.4) is 0 Å². The number of rotatable bonds is 5. The molecule has 1 atom stereocenters. The Labute approximate surface area is 189 Å². The Morgan fingerprint density at radius 3 is 2.44 bits per heavy atom. The van der Waals surface area contributed by atoms with E-state index in [1.807, 2.05) is 74.5 Å². The smallest absolute Gasteiger partial charge is 0.338 e. The third-order valence-corrected chi connectivity index (χ3v) is 6.07. The van der Waals surface area contributed by atoms with Crippen LogP contribution in [-0.4, -0.2) is 23.8 Å². The lowest BCUT2D eigenvalue weighted by atomic mass is 9.96. The third-order valence-electron chi connectivity index (χ3n) is 5.09. The number of thiazole rings is 1. The van der Waals surface area contributed by atoms with Gasteiger partial charge in [0.05, 0.1) is 35.1 Å². The maximum atomic E-state index is 13.5. The summed E-state index contributed by atoms with van der Waals surface area (Å²) in [7, 11) is 1.34. The Morgan fingerprint density at radius 2 is 1.81 bits per heavy atom. The molecule has 32 heavy (non-hydrogen) atoms. The maximum absolute atomic E-state index is 13.5. The number of ether oxygens (including phenoxy) is 2. The SMILES string of the molecule is COC(=O)C1=C(C)N=c2s/c(=C\c3ccc(OC(C)C)cc3)c(=O)n2[C@H]1c1ccccc1. The van der Waals surface area contributed by atoms with Crippen LogP contribution in [0, 0.1) is 0 Å². The van der Waals surface area contributed by atoms with Gasteiger partial charge in [0, 0.05) is 0 Å². The molecular weight excluding hydrogens is 424 g/mol. The van der Waals surface area contributed by atoms with Gasteiger partial charge in [0.1, 0.15) is 5.75 Å². The molecule has 6 nitrogen and oxygen atoms in total. The Balaban J connectivity index is 1.85. The number of allylic oxidation sites excluding steroid dienone is 1. The molecule has 0 saturated heterocycles. The maximum Gasteiger partial charge on any atom is 0.338 e. The Bertz CT molecular complexity index is 1350. The van der Waals surface area contributed by atoms with Crippen LogP contribution in [0.1, 0.15) is 37.9 Å². The second-order valence-electron chi connectivity index (χ2n) is 7.72. The average molecular weight is 449 g/mol. The molecule has 0 bridgehead atoms. The minimum absolute atomic E-state index is 0.0924. The van der Waals surface area contributed by atoms with Crippen molar-refractivity contribution in [3.63, 3.8) is 0 Å². The molecule has 0 amide bonds. The van der Waals surface area contributed by atoms with Gasteiger partial charge >= 0.3 is 5.97 Å². The van der Waals surface area contributed by atoms with Crippen molar-refractivity contribution in [1.82, 2.24) is 4.57 Å². The Kier molecular flexibility index (Phi) is 6.10. The first kappa shape index (κ1) is 21.8. The van der Waals surface area contributed by atoms with Gasteiger partial charge in [-0.05, 0) is 50.1 Å². The third kappa shape index (κ3) is 4.16. The summed E-state index contributed by atoms with van der Waals surface area (Å²) >= 11 is 1.31. The fourth-order valence-electron chi connectivity index (χ4n) is 3.71. The molecule has 0 saturated carbocycles. The predicted molar refractivity (Wildman–Crippen MR) is 124 cm³/mol. The summed E-state index contributed by atoms with van der Waals surface area (Å²) in [6, 6.07) is 16.5. The largest absolute Gasteiger partial charge is 0.491 e. The van der Waals surface area contributed by atoms with Gasteiger partial charge in [0.25, 0.3) is 5.56 Å². The van der Waals surface area contributed by atoms with E-state index in [0.29, 0.717) is 20.6 Å². The summed E-state index contributed by atoms with van der Waals surface area (Å²) in [6.07, 6.45) is 1.93. The molecule has 0 spiro atoms. The van der Waals surface area contributed by atoms with Crippen molar-refractivity contribution in [3.8, 4) is 5.75 Å². The zero-order chi connectivity index (χ0) is 22.8. The molecule has 0 unspecified atom stereocenters. The van der Waals surface area contributed by atoms with Crippen molar-refractivity contribution in [2.24, 2.45) is 4.99 Å². The van der Waals surface area contributed by atoms with Crippen molar-refractivity contribution in [3.05, 3.63) is 96.7 Å². The zero-order valence-corrected chi connectivity index (χ0v) is 19.2. The average Bonchev–Trinajstić information content (AvgIpc) is 3.08. The number of hydrogen-bond donors (Lipinski definition) is 0. The van der Waals surface area contributed by atoms with Crippen LogP contribution in [0.5, 0.6) is 5.75 Å². The molecule has 0 radical (unpaired) electrons. The fraction of sp³-hybridized carbons (Fsp3) is 0.240. The highest BCUT2D eigenvalue weighted by Gasteiger charge is 2.32. The lowest BCUT2D eigenvalue weighted by Crippen LogP contribution is -2.39. The van der Waals surface area contributed by atoms with Gasteiger partial charge in [0.15, 0.2) is 4.80 Å². The van der Waals surface area contributed by atoms with E-state index in [9.17, 15) is 9.59 Å². The number of carbonyl (C=O) groups is 1. The lowest BCUT2D eigenvalue weighted by molar-refractivity contribution is -0.136. The second kappa shape index (κ2) is 8.96. The number of benzene rings is 2. The van der Waals surface area contributed by atoms with Crippen LogP contribution in [0.2, 0.25) is 0 Å². The number of nitrogens with zero attached hydrogens (tertiary/aromatic N) is 2. The molecule has 0 aliphatic carbocycles. The highest BCUT2D eigenvalue weighted by atomic mass is 32.1. The second-order valence-corrected chi connectivity index (χ2v) is 8.73. The zero-order valence-electron chi connectivity index (χ0n) is 18.4. The highest BCUT2D eigenvalue weighted by molar-refractivity contribution is 7.07. The van der Waals surface area contributed by atoms with Gasteiger partial charge in [-0.1, -0.05) is 53.8 Å². The summed E-state index contributed by atoms with van der Waals surface area (Å²) in [4.78, 5) is 31.2. The quantitative estimate of drug-likeness (QED) is 0.562. The summed E-state index contributed by atoms with van der Waals surface area (Å²) < 4.78 is 12.8. The van der Waals surface area contributed by atoms with E-state index >= 15 is 0 Å². The van der Waals surface area contributed by atoms with Crippen LogP contribution in [0.25, 0.3) is 6.08 Å². The first-order valence-corrected chi connectivity index (χ1v) is 11.1. The monoisotopic (exact) mass is 448 g/mol. The van der Waals surface area contributed by atoms with Gasteiger partial charge in [-0.25, -0.2) is 9.79 Å². The fourth-order valence-corrected chi connectivity index (χ4v) is 4.76. The van der Waals surface area contributed by atoms with E-state index < -0.39 is 12.0 Å². The van der Waals surface area contributed by atoms with Crippen molar-refractivity contribution in [1.29, 1.82) is 0 Å². The number of methoxy groups -OCH3 is 1. The molecular formula is C25H24N2O4S. The molecule has 164 valence electrons. The van der Waals surface area contributed by atoms with E-state index in [1.54, 1.807) is 11.5 Å². The first-order valence-electron chi connectivity index (χ1n) is 10.3. The molecule has 1 aliphatic heterocycles. The van der Waals surface area contributed by atoms with Gasteiger partial charge in [0.2, 0.25) is 0 Å². The normalized spacial score (nSPS) is 16.0. The van der Waals surface area contributed by atoms with Crippen molar-refractivity contribution >= 4 is 23.4 Å². The highest BCUT2D eigenvalue weighted by Crippen LogP contribution is 2.30. The molecule has 1 aliphatic rings. The minimum atomic E-state index is -0.594. The summed E-state index contributed by atoms with van der Waals surface area (Å²) in [5, 5.41) is 0. The molecule has 0 N–H and O–H groups in total.